The number of hydrogen-bond donors (Lipinski definition) is 1. The molecule has 4 amide bonds. The Kier molecular flexibility index (Phi) is 19.4. The summed E-state index contributed by atoms with van der Waals surface area (Å²) >= 11 is 0. The van der Waals surface area contributed by atoms with Crippen LogP contribution in [0.3, 0.4) is 0 Å². The van der Waals surface area contributed by atoms with Crippen molar-refractivity contribution in [2.24, 2.45) is 4.99 Å². The molecule has 0 radical (unpaired) electrons. The Hall–Kier alpha value is -7.30. The zero-order chi connectivity index (χ0) is 57.0. The topological polar surface area (TPSA) is 211 Å². The zero-order valence-corrected chi connectivity index (χ0v) is 47.9. The molecule has 1 saturated heterocycles. The Balaban J connectivity index is 0.966. The van der Waals surface area contributed by atoms with Crippen LogP contribution in [0, 0.1) is 0 Å². The first-order valence-electron chi connectivity index (χ1n) is 26.9. The summed E-state index contributed by atoms with van der Waals surface area (Å²) in [7, 11) is 7.98. The fraction of sp³-hybridized carbons (Fsp3) is 0.400. The first-order valence-corrected chi connectivity index (χ1v) is 29.3. The largest absolute Gasteiger partial charge is 0.493 e. The molecule has 21 heteroatoms. The van der Waals surface area contributed by atoms with E-state index in [4.69, 9.17) is 48.7 Å². The van der Waals surface area contributed by atoms with Gasteiger partial charge in [0, 0.05) is 104 Å². The summed E-state index contributed by atoms with van der Waals surface area (Å²) in [6.07, 6.45) is 3.83. The standard InChI is InChI=1S/C60H68N6O13S2/c1-60(2,81-80-26-10-15-57(69)79-66-55(67)16-17-56(66)68)38-63(20-21-75-24-25-76-23-22-72-3)43-28-39(36-77-53-33-47(61)45(31-51(53)73-4)58(70)64-19-18-41-11-6-8-13-49(41)64)27-40(29-43)37-78-54-34-48-46(32-52(54)74-5)59(71)65-44(35-62-48)30-42-12-7-9-14-50(42)65/h6-9,11-14,27-29,31-35,44H,10,15-26,30,36-38,61H2,1-5H3/t44-/m0/s1. The monoisotopic (exact) mass is 1140 g/mol. The number of nitrogens with two attached hydrogens (primary N) is 1. The summed E-state index contributed by atoms with van der Waals surface area (Å²) in [5.74, 6) is 0.0288. The smallest absolute Gasteiger partial charge is 0.333 e. The number of methoxy groups -OCH3 is 3. The van der Waals surface area contributed by atoms with Crippen molar-refractivity contribution in [1.29, 1.82) is 0 Å². The Morgan fingerprint density at radius 1 is 0.753 bits per heavy atom. The van der Waals surface area contributed by atoms with Gasteiger partial charge in [-0.3, -0.25) is 29.1 Å². The summed E-state index contributed by atoms with van der Waals surface area (Å²) < 4.78 is 41.4. The molecule has 4 aliphatic heterocycles. The van der Waals surface area contributed by atoms with E-state index >= 15 is 0 Å². The van der Waals surface area contributed by atoms with Crippen molar-refractivity contribution in [3.63, 3.8) is 0 Å². The minimum Gasteiger partial charge on any atom is -0.493 e. The Morgan fingerprint density at radius 2 is 1.41 bits per heavy atom. The minimum absolute atomic E-state index is 0.0346. The molecule has 81 heavy (non-hydrogen) atoms. The van der Waals surface area contributed by atoms with Gasteiger partial charge in [0.05, 0.1) is 70.1 Å². The van der Waals surface area contributed by atoms with Crippen molar-refractivity contribution in [3.8, 4) is 23.0 Å². The number of para-hydroxylation sites is 2. The molecule has 9 rings (SSSR count). The van der Waals surface area contributed by atoms with E-state index in [1.165, 1.54) is 14.2 Å². The van der Waals surface area contributed by atoms with E-state index in [9.17, 15) is 24.0 Å². The van der Waals surface area contributed by atoms with Crippen molar-refractivity contribution < 1.29 is 62.0 Å². The average molecular weight is 1150 g/mol. The van der Waals surface area contributed by atoms with Crippen LogP contribution in [0.15, 0.2) is 96.0 Å². The molecule has 5 aromatic carbocycles. The van der Waals surface area contributed by atoms with Crippen LogP contribution in [-0.2, 0) is 59.5 Å². The molecule has 0 aromatic heterocycles. The maximum absolute atomic E-state index is 14.2. The van der Waals surface area contributed by atoms with Crippen LogP contribution in [0.5, 0.6) is 23.0 Å². The lowest BCUT2D eigenvalue weighted by Crippen LogP contribution is -2.38. The highest BCUT2D eigenvalue weighted by molar-refractivity contribution is 8.77. The highest BCUT2D eigenvalue weighted by Crippen LogP contribution is 2.43. The van der Waals surface area contributed by atoms with E-state index in [2.05, 4.69) is 30.9 Å². The summed E-state index contributed by atoms with van der Waals surface area (Å²) in [6.45, 7) is 8.13. The second-order valence-electron chi connectivity index (χ2n) is 20.3. The second kappa shape index (κ2) is 27.0. The van der Waals surface area contributed by atoms with Crippen molar-refractivity contribution >= 4 is 85.8 Å². The van der Waals surface area contributed by atoms with Gasteiger partial charge < -0.3 is 53.5 Å². The summed E-state index contributed by atoms with van der Waals surface area (Å²) in [6, 6.07) is 28.3. The summed E-state index contributed by atoms with van der Waals surface area (Å²) in [5.41, 5.74) is 14.4. The normalized spacial score (nSPS) is 15.3. The highest BCUT2D eigenvalue weighted by Gasteiger charge is 2.37. The third-order valence-electron chi connectivity index (χ3n) is 14.0. The van der Waals surface area contributed by atoms with Gasteiger partial charge in [0.1, 0.15) is 13.2 Å². The number of fused-ring (bicyclic) bond motifs is 5. The molecular weight excluding hydrogens is 1080 g/mol. The van der Waals surface area contributed by atoms with Gasteiger partial charge in [-0.1, -0.05) is 58.0 Å². The number of carbonyl (C=O) groups is 5. The van der Waals surface area contributed by atoms with Gasteiger partial charge in [-0.25, -0.2) is 4.79 Å². The van der Waals surface area contributed by atoms with Gasteiger partial charge in [0.15, 0.2) is 23.0 Å². The molecule has 0 bridgehead atoms. The van der Waals surface area contributed by atoms with E-state index in [0.29, 0.717) is 116 Å². The van der Waals surface area contributed by atoms with Crippen molar-refractivity contribution in [2.45, 2.75) is 76.4 Å². The molecule has 1 fully saturated rings. The van der Waals surface area contributed by atoms with Crippen LogP contribution >= 0.6 is 21.6 Å². The number of benzene rings is 5. The predicted octanol–water partition coefficient (Wildman–Crippen LogP) is 8.97. The number of hydrogen-bond acceptors (Lipinski definition) is 18. The number of rotatable bonds is 28. The molecule has 0 spiro atoms. The summed E-state index contributed by atoms with van der Waals surface area (Å²) in [5, 5.41) is 0.576. The van der Waals surface area contributed by atoms with Crippen LogP contribution < -0.4 is 39.4 Å². The van der Waals surface area contributed by atoms with Crippen LogP contribution in [0.1, 0.15) is 82.5 Å². The van der Waals surface area contributed by atoms with E-state index in [1.54, 1.807) is 62.8 Å². The Morgan fingerprint density at radius 3 is 2.12 bits per heavy atom. The third kappa shape index (κ3) is 14.2. The number of ether oxygens (including phenoxy) is 7. The number of amides is 4. The number of nitrogens with zero attached hydrogens (tertiary/aromatic N) is 5. The predicted molar refractivity (Wildman–Crippen MR) is 312 cm³/mol. The zero-order valence-electron chi connectivity index (χ0n) is 46.3. The quantitative estimate of drug-likeness (QED) is 0.0214. The van der Waals surface area contributed by atoms with Gasteiger partial charge in [0.2, 0.25) is 0 Å². The average Bonchev–Trinajstić information content (AvgIpc) is 4.36. The van der Waals surface area contributed by atoms with Gasteiger partial charge >= 0.3 is 5.97 Å². The van der Waals surface area contributed by atoms with Gasteiger partial charge in [-0.2, -0.15) is 0 Å². The number of imide groups is 1. The first-order chi connectivity index (χ1) is 39.2. The van der Waals surface area contributed by atoms with Crippen molar-refractivity contribution in [1.82, 2.24) is 5.06 Å². The van der Waals surface area contributed by atoms with Crippen LogP contribution in [-0.4, -0.2) is 131 Å². The van der Waals surface area contributed by atoms with Gasteiger partial charge in [-0.05, 0) is 91.4 Å². The van der Waals surface area contributed by atoms with E-state index < -0.39 is 17.8 Å². The molecule has 1 atom stereocenters. The molecule has 0 aliphatic carbocycles. The number of anilines is 4. The molecule has 4 aliphatic rings. The molecule has 2 N–H and O–H groups in total. The van der Waals surface area contributed by atoms with Crippen LogP contribution in [0.25, 0.3) is 0 Å². The fourth-order valence-corrected chi connectivity index (χ4v) is 12.6. The highest BCUT2D eigenvalue weighted by atomic mass is 33.1. The number of carbonyl (C=O) groups excluding carboxylic acids is 5. The van der Waals surface area contributed by atoms with Gasteiger partial charge in [-0.15, -0.1) is 5.06 Å². The van der Waals surface area contributed by atoms with E-state index in [0.717, 1.165) is 45.7 Å². The maximum Gasteiger partial charge on any atom is 0.333 e. The molecular formula is C60H68N6O13S2. The van der Waals surface area contributed by atoms with Gasteiger partial charge in [0.25, 0.3) is 23.6 Å². The lowest BCUT2D eigenvalue weighted by Gasteiger charge is -2.34. The van der Waals surface area contributed by atoms with E-state index in [-0.39, 0.29) is 60.8 Å². The van der Waals surface area contributed by atoms with Crippen LogP contribution in [0.2, 0.25) is 0 Å². The van der Waals surface area contributed by atoms with Crippen LogP contribution in [0.4, 0.5) is 28.4 Å². The van der Waals surface area contributed by atoms with Crippen molar-refractivity contribution in [2.75, 3.05) is 100 Å². The third-order valence-corrected chi connectivity index (χ3v) is 17.4. The maximum atomic E-state index is 14.2. The fourth-order valence-electron chi connectivity index (χ4n) is 10.0. The minimum atomic E-state index is -0.628. The number of nitrogen functional groups attached to an aromatic ring is 1. The number of aliphatic imine (C=N–C) groups is 1. The molecule has 4 heterocycles. The van der Waals surface area contributed by atoms with Crippen molar-refractivity contribution in [3.05, 3.63) is 124 Å². The summed E-state index contributed by atoms with van der Waals surface area (Å²) in [4.78, 5) is 80.4. The lowest BCUT2D eigenvalue weighted by atomic mass is 10.1. The SMILES string of the molecule is COCCOCCOCCN(CC(C)(C)SSCCCC(=O)ON1C(=O)CCC1=O)c1cc(COc2cc(N)c(C(=O)N3CCc4ccccc43)cc2OC)cc(COc2cc3c(cc2OC)C(=O)N2c4ccccc4C[C@H]2C=N3)c1. The Labute approximate surface area is 479 Å². The molecule has 0 saturated carbocycles. The molecule has 428 valence electrons. The Bertz CT molecular complexity index is 3140. The molecule has 19 nitrogen and oxygen atoms in total. The number of hydroxylamine groups is 2. The molecule has 5 aromatic rings. The lowest BCUT2D eigenvalue weighted by molar-refractivity contribution is -0.197. The second-order valence-corrected chi connectivity index (χ2v) is 23.5. The first kappa shape index (κ1) is 58.4. The van der Waals surface area contributed by atoms with E-state index in [1.807, 2.05) is 60.8 Å². The molecule has 0 unspecified atom stereocenters.